The Morgan fingerprint density at radius 1 is 1.17 bits per heavy atom. The number of halogens is 3. The summed E-state index contributed by atoms with van der Waals surface area (Å²) in [5.41, 5.74) is 1.76. The number of para-hydroxylation sites is 1. The fourth-order valence-corrected chi connectivity index (χ4v) is 3.68. The molecule has 1 aromatic carbocycles. The van der Waals surface area contributed by atoms with Crippen molar-refractivity contribution in [2.24, 2.45) is 0 Å². The molecule has 3 heterocycles. The molecule has 3 aromatic heterocycles. The zero-order valence-electron chi connectivity index (χ0n) is 12.1. The number of aromatic nitrogens is 6. The number of hydrogen-bond acceptors (Lipinski definition) is 4. The maximum atomic E-state index is 13.8. The lowest BCUT2D eigenvalue weighted by Crippen LogP contribution is -2.00. The van der Waals surface area contributed by atoms with Gasteiger partial charge < -0.3 is 4.57 Å². The highest BCUT2D eigenvalue weighted by Gasteiger charge is 2.14. The van der Waals surface area contributed by atoms with Gasteiger partial charge in [-0.05, 0) is 34.7 Å². The normalized spacial score (nSPS) is 11.3. The molecule has 0 N–H and O–H groups in total. The van der Waals surface area contributed by atoms with E-state index in [2.05, 4.69) is 42.9 Å². The summed E-state index contributed by atoms with van der Waals surface area (Å²) in [6, 6.07) is 6.42. The number of hydrogen-bond donors (Lipinski definition) is 0. The van der Waals surface area contributed by atoms with Crippen LogP contribution in [0.5, 0.6) is 0 Å². The smallest absolute Gasteiger partial charge is 0.148 e. The van der Waals surface area contributed by atoms with Gasteiger partial charge in [0.05, 0.1) is 18.1 Å². The third-order valence-corrected chi connectivity index (χ3v) is 4.64. The standard InChI is InChI=1S/C15H9ClFIN6/c16-14-13-11(18)7-23(15(13)20-8-19-14)5-9-6-24(22-21-9)12-4-2-1-3-10(12)17/h1-4,6-8H,5H2. The molecule has 0 aliphatic heterocycles. The summed E-state index contributed by atoms with van der Waals surface area (Å²) in [6.45, 7) is 0.446. The lowest BCUT2D eigenvalue weighted by Gasteiger charge is -2.02. The van der Waals surface area contributed by atoms with E-state index in [0.717, 1.165) is 14.6 Å². The summed E-state index contributed by atoms with van der Waals surface area (Å²) >= 11 is 8.33. The van der Waals surface area contributed by atoms with E-state index in [9.17, 15) is 4.39 Å². The van der Waals surface area contributed by atoms with Crippen molar-refractivity contribution >= 4 is 45.2 Å². The van der Waals surface area contributed by atoms with Gasteiger partial charge in [-0.1, -0.05) is 28.9 Å². The summed E-state index contributed by atoms with van der Waals surface area (Å²) in [4.78, 5) is 8.29. The third kappa shape index (κ3) is 2.65. The molecule has 24 heavy (non-hydrogen) atoms. The topological polar surface area (TPSA) is 61.4 Å². The summed E-state index contributed by atoms with van der Waals surface area (Å²) in [5.74, 6) is -0.352. The van der Waals surface area contributed by atoms with Crippen molar-refractivity contribution in [3.63, 3.8) is 0 Å². The molecule has 9 heteroatoms. The molecule has 0 saturated carbocycles. The average Bonchev–Trinajstić information content (AvgIpc) is 3.14. The van der Waals surface area contributed by atoms with Crippen molar-refractivity contribution in [2.75, 3.05) is 0 Å². The fourth-order valence-electron chi connectivity index (χ4n) is 2.46. The molecule has 0 amide bonds. The van der Waals surface area contributed by atoms with Crippen LogP contribution in [-0.2, 0) is 6.54 Å². The Labute approximate surface area is 154 Å². The zero-order chi connectivity index (χ0) is 16.7. The molecule has 120 valence electrons. The first-order chi connectivity index (χ1) is 11.6. The molecule has 0 radical (unpaired) electrons. The van der Waals surface area contributed by atoms with Gasteiger partial charge in [0.15, 0.2) is 0 Å². The summed E-state index contributed by atoms with van der Waals surface area (Å²) < 4.78 is 18.1. The number of rotatable bonds is 3. The van der Waals surface area contributed by atoms with Crippen LogP contribution in [0.1, 0.15) is 5.69 Å². The second-order valence-electron chi connectivity index (χ2n) is 5.07. The number of benzene rings is 1. The van der Waals surface area contributed by atoms with Gasteiger partial charge in [0, 0.05) is 9.77 Å². The van der Waals surface area contributed by atoms with Gasteiger partial charge in [-0.3, -0.25) is 0 Å². The summed E-state index contributed by atoms with van der Waals surface area (Å²) in [5, 5.41) is 9.34. The van der Waals surface area contributed by atoms with Gasteiger partial charge in [0.1, 0.15) is 34.3 Å². The highest BCUT2D eigenvalue weighted by molar-refractivity contribution is 14.1. The molecule has 6 nitrogen and oxygen atoms in total. The van der Waals surface area contributed by atoms with E-state index in [0.29, 0.717) is 23.1 Å². The minimum absolute atomic E-state index is 0.352. The van der Waals surface area contributed by atoms with E-state index < -0.39 is 0 Å². The van der Waals surface area contributed by atoms with Crippen LogP contribution in [0.3, 0.4) is 0 Å². The van der Waals surface area contributed by atoms with Crippen molar-refractivity contribution < 1.29 is 4.39 Å². The lowest BCUT2D eigenvalue weighted by molar-refractivity contribution is 0.607. The van der Waals surface area contributed by atoms with E-state index in [1.165, 1.54) is 17.1 Å². The van der Waals surface area contributed by atoms with Crippen molar-refractivity contribution in [3.8, 4) is 5.69 Å². The zero-order valence-corrected chi connectivity index (χ0v) is 15.0. The summed E-state index contributed by atoms with van der Waals surface area (Å²) in [7, 11) is 0. The monoisotopic (exact) mass is 454 g/mol. The number of fused-ring (bicyclic) bond motifs is 1. The molecule has 0 aliphatic rings. The van der Waals surface area contributed by atoms with E-state index >= 15 is 0 Å². The molecule has 0 aliphatic carbocycles. The predicted octanol–water partition coefficient (Wildman–Crippen LogP) is 3.46. The van der Waals surface area contributed by atoms with E-state index in [1.807, 2.05) is 10.8 Å². The highest BCUT2D eigenvalue weighted by atomic mass is 127. The molecule has 4 rings (SSSR count). The van der Waals surface area contributed by atoms with Crippen molar-refractivity contribution in [3.05, 3.63) is 63.2 Å². The summed E-state index contributed by atoms with van der Waals surface area (Å²) in [6.07, 6.45) is 5.04. The van der Waals surface area contributed by atoms with Gasteiger partial charge in [0.25, 0.3) is 0 Å². The lowest BCUT2D eigenvalue weighted by atomic mass is 10.3. The molecule has 0 saturated heterocycles. The first-order valence-electron chi connectivity index (χ1n) is 6.94. The van der Waals surface area contributed by atoms with Crippen LogP contribution < -0.4 is 0 Å². The van der Waals surface area contributed by atoms with Gasteiger partial charge in [-0.15, -0.1) is 5.10 Å². The minimum atomic E-state index is -0.352. The van der Waals surface area contributed by atoms with Gasteiger partial charge >= 0.3 is 0 Å². The Bertz CT molecular complexity index is 1040. The van der Waals surface area contributed by atoms with Crippen molar-refractivity contribution in [2.45, 2.75) is 6.54 Å². The van der Waals surface area contributed by atoms with Crippen LogP contribution in [0.25, 0.3) is 16.7 Å². The van der Waals surface area contributed by atoms with E-state index in [-0.39, 0.29) is 5.82 Å². The number of nitrogens with zero attached hydrogens (tertiary/aromatic N) is 6. The Balaban J connectivity index is 1.70. The molecule has 0 unspecified atom stereocenters. The van der Waals surface area contributed by atoms with Crippen LogP contribution >= 0.6 is 34.2 Å². The van der Waals surface area contributed by atoms with Crippen molar-refractivity contribution in [1.82, 2.24) is 29.5 Å². The van der Waals surface area contributed by atoms with Crippen LogP contribution in [0.15, 0.2) is 43.0 Å². The molecule has 0 spiro atoms. The van der Waals surface area contributed by atoms with Crippen molar-refractivity contribution in [1.29, 1.82) is 0 Å². The van der Waals surface area contributed by atoms with E-state index in [4.69, 9.17) is 11.6 Å². The van der Waals surface area contributed by atoms with Crippen LogP contribution in [0, 0.1) is 9.39 Å². The maximum absolute atomic E-state index is 13.8. The van der Waals surface area contributed by atoms with Gasteiger partial charge in [-0.25, -0.2) is 19.0 Å². The van der Waals surface area contributed by atoms with Crippen LogP contribution in [-0.4, -0.2) is 29.5 Å². The quantitative estimate of drug-likeness (QED) is 0.351. The molecule has 0 fully saturated rings. The minimum Gasteiger partial charge on any atom is -0.325 e. The van der Waals surface area contributed by atoms with E-state index in [1.54, 1.807) is 24.4 Å². The highest BCUT2D eigenvalue weighted by Crippen LogP contribution is 2.27. The van der Waals surface area contributed by atoms with Gasteiger partial charge in [0.2, 0.25) is 0 Å². The Morgan fingerprint density at radius 2 is 2.00 bits per heavy atom. The molecule has 4 aromatic rings. The molecular formula is C15H9ClFIN6. The predicted molar refractivity (Wildman–Crippen MR) is 95.7 cm³/mol. The Hall–Kier alpha value is -2.07. The molecular weight excluding hydrogens is 446 g/mol. The second-order valence-corrected chi connectivity index (χ2v) is 6.59. The first kappa shape index (κ1) is 15.5. The fraction of sp³-hybridized carbons (Fsp3) is 0.0667. The Morgan fingerprint density at radius 3 is 2.83 bits per heavy atom. The second kappa shape index (κ2) is 6.10. The van der Waals surface area contributed by atoms with Crippen LogP contribution in [0.4, 0.5) is 4.39 Å². The third-order valence-electron chi connectivity index (χ3n) is 3.53. The van der Waals surface area contributed by atoms with Crippen LogP contribution in [0.2, 0.25) is 5.15 Å². The average molecular weight is 455 g/mol. The van der Waals surface area contributed by atoms with Gasteiger partial charge in [-0.2, -0.15) is 0 Å². The largest absolute Gasteiger partial charge is 0.325 e. The first-order valence-corrected chi connectivity index (χ1v) is 8.40. The SMILES string of the molecule is Fc1ccccc1-n1cc(Cn2cc(I)c3c(Cl)ncnc32)nn1. The molecule has 0 bridgehead atoms. The maximum Gasteiger partial charge on any atom is 0.148 e. The Kier molecular flexibility index (Phi) is 3.93. The molecule has 0 atom stereocenters.